The fraction of sp³-hybridized carbons (Fsp3) is 0.182. The van der Waals surface area contributed by atoms with Crippen molar-refractivity contribution in [2.45, 2.75) is 25.2 Å². The lowest BCUT2D eigenvalue weighted by atomic mass is 9.96. The van der Waals surface area contributed by atoms with Crippen molar-refractivity contribution in [2.75, 3.05) is 5.32 Å². The van der Waals surface area contributed by atoms with Crippen LogP contribution in [0.5, 0.6) is 0 Å². The molecule has 3 amide bonds. The van der Waals surface area contributed by atoms with Crippen molar-refractivity contribution >= 4 is 17.6 Å². The van der Waals surface area contributed by atoms with E-state index in [1.165, 1.54) is 0 Å². The predicted molar refractivity (Wildman–Crippen MR) is 111 cm³/mol. The fourth-order valence-corrected chi connectivity index (χ4v) is 3.51. The third kappa shape index (κ3) is 3.54. The molecule has 29 heavy (non-hydrogen) atoms. The first-order valence-corrected chi connectivity index (χ1v) is 9.29. The van der Waals surface area contributed by atoms with Gasteiger partial charge in [0.25, 0.3) is 0 Å². The zero-order chi connectivity index (χ0) is 20.6. The molecular weight excluding hydrogens is 366 g/mol. The summed E-state index contributed by atoms with van der Waals surface area (Å²) in [6.07, 6.45) is 4.88. The van der Waals surface area contributed by atoms with E-state index < -0.39 is 11.4 Å². The summed E-state index contributed by atoms with van der Waals surface area (Å²) < 4.78 is 0. The number of primary amides is 2. The summed E-state index contributed by atoms with van der Waals surface area (Å²) in [6.45, 7) is 2.00. The van der Waals surface area contributed by atoms with Gasteiger partial charge in [-0.1, -0.05) is 6.07 Å². The lowest BCUT2D eigenvalue weighted by molar-refractivity contribution is -0.120. The van der Waals surface area contributed by atoms with Crippen molar-refractivity contribution < 1.29 is 9.59 Å². The van der Waals surface area contributed by atoms with E-state index in [1.807, 2.05) is 43.3 Å². The van der Waals surface area contributed by atoms with E-state index in [-0.39, 0.29) is 5.91 Å². The number of nitrogens with zero attached hydrogens (tertiary/aromatic N) is 2. The Morgan fingerprint density at radius 2 is 1.69 bits per heavy atom. The van der Waals surface area contributed by atoms with Gasteiger partial charge in [-0.25, -0.2) is 4.79 Å². The number of aromatic nitrogens is 2. The molecule has 0 atom stereocenters. The van der Waals surface area contributed by atoms with Gasteiger partial charge in [-0.2, -0.15) is 0 Å². The van der Waals surface area contributed by atoms with Gasteiger partial charge in [0.15, 0.2) is 0 Å². The molecular formula is C22H21N5O2. The highest BCUT2D eigenvalue weighted by Gasteiger charge is 2.51. The summed E-state index contributed by atoms with van der Waals surface area (Å²) in [7, 11) is 0. The summed E-state index contributed by atoms with van der Waals surface area (Å²) in [5, 5.41) is 2.60. The van der Waals surface area contributed by atoms with Gasteiger partial charge in [-0.15, -0.1) is 0 Å². The van der Waals surface area contributed by atoms with Crippen LogP contribution in [0.15, 0.2) is 54.9 Å². The first kappa shape index (κ1) is 18.6. The molecule has 146 valence electrons. The van der Waals surface area contributed by atoms with E-state index in [2.05, 4.69) is 15.3 Å². The van der Waals surface area contributed by atoms with Gasteiger partial charge in [-0.3, -0.25) is 14.8 Å². The first-order chi connectivity index (χ1) is 13.9. The molecule has 3 aromatic rings. The second kappa shape index (κ2) is 7.01. The quantitative estimate of drug-likeness (QED) is 0.622. The molecule has 1 saturated carbocycles. The first-order valence-electron chi connectivity index (χ1n) is 9.29. The predicted octanol–water partition coefficient (Wildman–Crippen LogP) is 3.13. The van der Waals surface area contributed by atoms with E-state index in [9.17, 15) is 9.59 Å². The van der Waals surface area contributed by atoms with Crippen LogP contribution in [0.3, 0.4) is 0 Å². The number of urea groups is 1. The molecule has 0 spiro atoms. The number of rotatable bonds is 5. The van der Waals surface area contributed by atoms with E-state index in [4.69, 9.17) is 11.5 Å². The smallest absolute Gasteiger partial charge is 0.316 e. The van der Waals surface area contributed by atoms with Crippen LogP contribution < -0.4 is 16.8 Å². The minimum atomic E-state index is -0.640. The summed E-state index contributed by atoms with van der Waals surface area (Å²) in [5.74, 6) is -0.335. The maximum atomic E-state index is 11.8. The maximum absolute atomic E-state index is 11.8. The van der Waals surface area contributed by atoms with E-state index in [0.29, 0.717) is 11.4 Å². The third-order valence-electron chi connectivity index (χ3n) is 5.34. The number of carbonyl (C=O) groups excluding carboxylic acids is 2. The molecule has 0 saturated heterocycles. The number of aryl methyl sites for hydroxylation is 1. The molecule has 1 aliphatic rings. The molecule has 0 bridgehead atoms. The molecule has 1 fully saturated rings. The number of nitrogens with two attached hydrogens (primary N) is 2. The van der Waals surface area contributed by atoms with Gasteiger partial charge >= 0.3 is 6.03 Å². The number of pyridine rings is 2. The van der Waals surface area contributed by atoms with Gasteiger partial charge in [0.2, 0.25) is 5.91 Å². The number of carbonyl (C=O) groups is 2. The largest absolute Gasteiger partial charge is 0.369 e. The van der Waals surface area contributed by atoms with Crippen LogP contribution in [0.1, 0.15) is 24.1 Å². The number of amides is 3. The Balaban J connectivity index is 1.72. The fourth-order valence-electron chi connectivity index (χ4n) is 3.51. The average molecular weight is 387 g/mol. The maximum Gasteiger partial charge on any atom is 0.316 e. The molecule has 0 radical (unpaired) electrons. The second-order valence-electron chi connectivity index (χ2n) is 7.32. The number of benzene rings is 1. The van der Waals surface area contributed by atoms with Crippen molar-refractivity contribution in [3.63, 3.8) is 0 Å². The number of hydrogen-bond acceptors (Lipinski definition) is 4. The highest BCUT2D eigenvalue weighted by atomic mass is 16.2. The van der Waals surface area contributed by atoms with Crippen molar-refractivity contribution in [2.24, 2.45) is 11.5 Å². The zero-order valence-electron chi connectivity index (χ0n) is 16.0. The highest BCUT2D eigenvalue weighted by Crippen LogP contribution is 2.47. The summed E-state index contributed by atoms with van der Waals surface area (Å²) in [4.78, 5) is 31.9. The van der Waals surface area contributed by atoms with Crippen molar-refractivity contribution in [3.05, 3.63) is 66.1 Å². The van der Waals surface area contributed by atoms with Crippen LogP contribution in [0.2, 0.25) is 0 Å². The van der Waals surface area contributed by atoms with Crippen LogP contribution >= 0.6 is 0 Å². The normalized spacial score (nSPS) is 14.2. The minimum absolute atomic E-state index is 0.335. The minimum Gasteiger partial charge on any atom is -0.369 e. The number of nitrogens with one attached hydrogen (secondary N) is 1. The third-order valence-corrected chi connectivity index (χ3v) is 5.34. The van der Waals surface area contributed by atoms with Crippen molar-refractivity contribution in [3.8, 4) is 22.4 Å². The van der Waals surface area contributed by atoms with E-state index in [0.717, 1.165) is 40.8 Å². The monoisotopic (exact) mass is 387 g/mol. The average Bonchev–Trinajstić information content (AvgIpc) is 3.52. The Kier molecular flexibility index (Phi) is 4.50. The molecule has 2 aromatic heterocycles. The molecule has 2 heterocycles. The summed E-state index contributed by atoms with van der Waals surface area (Å²) in [6, 6.07) is 12.6. The Labute approximate surface area is 168 Å². The molecule has 1 aromatic carbocycles. The molecule has 1 aliphatic carbocycles. The Morgan fingerprint density at radius 3 is 2.38 bits per heavy atom. The molecule has 0 unspecified atom stereocenters. The van der Waals surface area contributed by atoms with Gasteiger partial charge in [0.05, 0.1) is 16.8 Å². The lowest BCUT2D eigenvalue weighted by Crippen LogP contribution is -2.29. The zero-order valence-corrected chi connectivity index (χ0v) is 16.0. The van der Waals surface area contributed by atoms with Crippen LogP contribution in [0.25, 0.3) is 22.4 Å². The topological polar surface area (TPSA) is 124 Å². The van der Waals surface area contributed by atoms with Crippen LogP contribution in [-0.4, -0.2) is 21.9 Å². The Bertz CT molecular complexity index is 1120. The van der Waals surface area contributed by atoms with Crippen LogP contribution in [0.4, 0.5) is 10.5 Å². The Morgan fingerprint density at radius 1 is 0.966 bits per heavy atom. The second-order valence-corrected chi connectivity index (χ2v) is 7.32. The summed E-state index contributed by atoms with van der Waals surface area (Å²) >= 11 is 0. The van der Waals surface area contributed by atoms with Gasteiger partial charge in [-0.05, 0) is 72.9 Å². The highest BCUT2D eigenvalue weighted by molar-refractivity contribution is 5.90. The van der Waals surface area contributed by atoms with Crippen LogP contribution in [0, 0.1) is 6.92 Å². The van der Waals surface area contributed by atoms with E-state index >= 15 is 0 Å². The van der Waals surface area contributed by atoms with Gasteiger partial charge in [0.1, 0.15) is 0 Å². The van der Waals surface area contributed by atoms with Gasteiger partial charge in [0, 0.05) is 23.6 Å². The van der Waals surface area contributed by atoms with Crippen LogP contribution in [-0.2, 0) is 10.2 Å². The number of hydrogen-bond donors (Lipinski definition) is 3. The molecule has 5 N–H and O–H groups in total. The molecule has 0 aliphatic heterocycles. The van der Waals surface area contributed by atoms with E-state index in [1.54, 1.807) is 18.5 Å². The standard InChI is InChI=1S/C22H21N5O2/c1-13-2-3-16(27-21(24)29)12-17(13)14-4-8-25-18(10-14)15-5-9-26-19(11-15)22(6-7-22)20(23)28/h2-5,8-12H,6-7H2,1H3,(H2,23,28)(H3,24,27,29). The molecule has 7 heteroatoms. The lowest BCUT2D eigenvalue weighted by Gasteiger charge is -2.13. The van der Waals surface area contributed by atoms with Crippen molar-refractivity contribution in [1.82, 2.24) is 9.97 Å². The van der Waals surface area contributed by atoms with Crippen molar-refractivity contribution in [1.29, 1.82) is 0 Å². The molecule has 7 nitrogen and oxygen atoms in total. The number of anilines is 1. The molecule has 4 rings (SSSR count). The Hall–Kier alpha value is -3.74. The van der Waals surface area contributed by atoms with Gasteiger partial charge < -0.3 is 16.8 Å². The summed E-state index contributed by atoms with van der Waals surface area (Å²) in [5.41, 5.74) is 16.1. The SMILES string of the molecule is Cc1ccc(NC(N)=O)cc1-c1ccnc(-c2ccnc(C3(C(N)=O)CC3)c2)c1.